The molecule has 0 heterocycles. The number of carbonyl (C=O) groups is 1. The lowest BCUT2D eigenvalue weighted by Crippen LogP contribution is -1.97. The summed E-state index contributed by atoms with van der Waals surface area (Å²) in [6.45, 7) is 0. The van der Waals surface area contributed by atoms with Crippen molar-refractivity contribution < 1.29 is 14.6 Å². The molecule has 0 amide bonds. The van der Waals surface area contributed by atoms with Crippen LogP contribution in [-0.4, -0.2) is 18.0 Å². The molecular weight excluding hydrogens is 168 g/mol. The topological polar surface area (TPSA) is 46.5 Å². The summed E-state index contributed by atoms with van der Waals surface area (Å²) < 4.78 is 4.99. The smallest absolute Gasteiger partial charge is 0.171 e. The average Bonchev–Trinajstić information content (AvgIpc) is 2.49. The van der Waals surface area contributed by atoms with Crippen molar-refractivity contribution in [2.45, 2.75) is 12.8 Å². The molecule has 0 radical (unpaired) electrons. The van der Waals surface area contributed by atoms with Gasteiger partial charge in [0.15, 0.2) is 17.3 Å². The molecule has 1 aliphatic carbocycles. The summed E-state index contributed by atoms with van der Waals surface area (Å²) in [5, 5.41) is 9.42. The van der Waals surface area contributed by atoms with Gasteiger partial charge in [-0.1, -0.05) is 6.07 Å². The minimum absolute atomic E-state index is 0.0384. The van der Waals surface area contributed by atoms with Crippen molar-refractivity contribution in [3.05, 3.63) is 23.3 Å². The normalized spacial score (nSPS) is 14.4. The van der Waals surface area contributed by atoms with Crippen LogP contribution in [0.4, 0.5) is 0 Å². The van der Waals surface area contributed by atoms with Crippen LogP contribution in [0.15, 0.2) is 12.1 Å². The molecule has 0 bridgehead atoms. The van der Waals surface area contributed by atoms with E-state index in [-0.39, 0.29) is 11.5 Å². The summed E-state index contributed by atoms with van der Waals surface area (Å²) >= 11 is 0. The van der Waals surface area contributed by atoms with Crippen molar-refractivity contribution in [2.75, 3.05) is 7.11 Å². The zero-order valence-corrected chi connectivity index (χ0v) is 7.33. The van der Waals surface area contributed by atoms with E-state index in [4.69, 9.17) is 4.74 Å². The average molecular weight is 178 g/mol. The molecule has 1 N–H and O–H groups in total. The molecule has 1 aliphatic rings. The number of phenolic OH excluding ortho intramolecular Hbond substituents is 1. The van der Waals surface area contributed by atoms with Crippen LogP contribution in [0.25, 0.3) is 0 Å². The first kappa shape index (κ1) is 8.10. The Morgan fingerprint density at radius 3 is 2.85 bits per heavy atom. The molecule has 0 saturated heterocycles. The van der Waals surface area contributed by atoms with Gasteiger partial charge in [-0.25, -0.2) is 0 Å². The summed E-state index contributed by atoms with van der Waals surface area (Å²) in [4.78, 5) is 11.4. The van der Waals surface area contributed by atoms with E-state index in [1.807, 2.05) is 0 Å². The number of methoxy groups -OCH3 is 1. The zero-order chi connectivity index (χ0) is 9.42. The van der Waals surface area contributed by atoms with E-state index in [1.54, 1.807) is 12.1 Å². The summed E-state index contributed by atoms with van der Waals surface area (Å²) in [6.07, 6.45) is 1.28. The molecule has 13 heavy (non-hydrogen) atoms. The molecule has 1 aromatic carbocycles. The minimum atomic E-state index is 0.0384. The third-order valence-electron chi connectivity index (χ3n) is 2.33. The number of ketones is 1. The Morgan fingerprint density at radius 1 is 1.38 bits per heavy atom. The second-order valence-corrected chi connectivity index (χ2v) is 3.08. The lowest BCUT2D eigenvalue weighted by Gasteiger charge is -2.07. The van der Waals surface area contributed by atoms with E-state index in [0.29, 0.717) is 17.7 Å². The minimum Gasteiger partial charge on any atom is -0.504 e. The van der Waals surface area contributed by atoms with E-state index in [1.165, 1.54) is 7.11 Å². The summed E-state index contributed by atoms with van der Waals surface area (Å²) in [6, 6.07) is 3.34. The van der Waals surface area contributed by atoms with Crippen LogP contribution in [0.5, 0.6) is 11.5 Å². The van der Waals surface area contributed by atoms with E-state index >= 15 is 0 Å². The summed E-state index contributed by atoms with van der Waals surface area (Å²) in [5.74, 6) is 0.416. The van der Waals surface area contributed by atoms with Crippen LogP contribution >= 0.6 is 0 Å². The highest BCUT2D eigenvalue weighted by atomic mass is 16.5. The predicted molar refractivity (Wildman–Crippen MR) is 47.3 cm³/mol. The molecule has 0 atom stereocenters. The Balaban J connectivity index is 2.67. The molecule has 0 spiro atoms. The van der Waals surface area contributed by atoms with Crippen molar-refractivity contribution in [3.8, 4) is 11.5 Å². The number of hydrogen-bond donors (Lipinski definition) is 1. The van der Waals surface area contributed by atoms with Crippen LogP contribution in [0.1, 0.15) is 22.3 Å². The predicted octanol–water partition coefficient (Wildman–Crippen LogP) is 1.53. The number of carbonyl (C=O) groups excluding carboxylic acids is 1. The number of aromatic hydroxyl groups is 1. The van der Waals surface area contributed by atoms with Gasteiger partial charge in [-0.15, -0.1) is 0 Å². The van der Waals surface area contributed by atoms with Crippen LogP contribution in [0, 0.1) is 0 Å². The zero-order valence-electron chi connectivity index (χ0n) is 7.33. The fourth-order valence-corrected chi connectivity index (χ4v) is 1.71. The molecule has 3 heteroatoms. The highest BCUT2D eigenvalue weighted by molar-refractivity contribution is 6.03. The second kappa shape index (κ2) is 2.76. The molecule has 0 aliphatic heterocycles. The first-order chi connectivity index (χ1) is 6.24. The molecule has 3 nitrogen and oxygen atoms in total. The molecule has 2 rings (SSSR count). The first-order valence-corrected chi connectivity index (χ1v) is 4.16. The third-order valence-corrected chi connectivity index (χ3v) is 2.33. The summed E-state index contributed by atoms with van der Waals surface area (Å²) in [5.41, 5.74) is 1.53. The van der Waals surface area contributed by atoms with Crippen LogP contribution in [0.3, 0.4) is 0 Å². The van der Waals surface area contributed by atoms with Crippen molar-refractivity contribution in [3.63, 3.8) is 0 Å². The molecule has 68 valence electrons. The number of rotatable bonds is 1. The molecule has 0 saturated carbocycles. The summed E-state index contributed by atoms with van der Waals surface area (Å²) in [7, 11) is 1.46. The van der Waals surface area contributed by atoms with Gasteiger partial charge in [0.25, 0.3) is 0 Å². The molecule has 0 aromatic heterocycles. The quantitative estimate of drug-likeness (QED) is 0.709. The van der Waals surface area contributed by atoms with E-state index in [9.17, 15) is 9.90 Å². The third kappa shape index (κ3) is 1.08. The Morgan fingerprint density at radius 2 is 2.15 bits per heavy atom. The fraction of sp³-hybridized carbons (Fsp3) is 0.300. The van der Waals surface area contributed by atoms with Crippen molar-refractivity contribution in [1.82, 2.24) is 0 Å². The Labute approximate surface area is 76.0 Å². The molecule has 0 fully saturated rings. The number of Topliss-reactive ketones (excluding diaryl/α,β-unsaturated/α-hetero) is 1. The number of benzene rings is 1. The van der Waals surface area contributed by atoms with E-state index in [0.717, 1.165) is 12.0 Å². The monoisotopic (exact) mass is 178 g/mol. The van der Waals surface area contributed by atoms with Gasteiger partial charge in [-0.2, -0.15) is 0 Å². The Hall–Kier alpha value is -1.51. The maximum atomic E-state index is 11.4. The number of aryl methyl sites for hydroxylation is 1. The number of hydrogen-bond acceptors (Lipinski definition) is 3. The number of fused-ring (bicyclic) bond motifs is 1. The van der Waals surface area contributed by atoms with Gasteiger partial charge < -0.3 is 9.84 Å². The van der Waals surface area contributed by atoms with Crippen molar-refractivity contribution >= 4 is 5.78 Å². The van der Waals surface area contributed by atoms with Gasteiger partial charge in [-0.05, 0) is 18.1 Å². The van der Waals surface area contributed by atoms with Crippen molar-refractivity contribution in [2.24, 2.45) is 0 Å². The van der Waals surface area contributed by atoms with Gasteiger partial charge in [0.2, 0.25) is 0 Å². The van der Waals surface area contributed by atoms with Gasteiger partial charge >= 0.3 is 0 Å². The highest BCUT2D eigenvalue weighted by Gasteiger charge is 2.25. The van der Waals surface area contributed by atoms with Gasteiger partial charge in [0.1, 0.15) is 0 Å². The maximum Gasteiger partial charge on any atom is 0.171 e. The largest absolute Gasteiger partial charge is 0.504 e. The molecule has 0 unspecified atom stereocenters. The van der Waals surface area contributed by atoms with Crippen molar-refractivity contribution in [1.29, 1.82) is 0 Å². The van der Waals surface area contributed by atoms with E-state index < -0.39 is 0 Å². The standard InChI is InChI=1S/C10H10O3/c1-13-10-8(12)5-3-6-2-4-7(11)9(6)10/h3,5,12H,2,4H2,1H3. The second-order valence-electron chi connectivity index (χ2n) is 3.08. The van der Waals surface area contributed by atoms with Gasteiger partial charge in [0, 0.05) is 6.42 Å². The van der Waals surface area contributed by atoms with Gasteiger partial charge in [-0.3, -0.25) is 4.79 Å². The Kier molecular flexibility index (Phi) is 1.72. The van der Waals surface area contributed by atoms with Crippen LogP contribution in [0.2, 0.25) is 0 Å². The highest BCUT2D eigenvalue weighted by Crippen LogP contribution is 2.37. The fourth-order valence-electron chi connectivity index (χ4n) is 1.71. The number of phenols is 1. The van der Waals surface area contributed by atoms with Crippen LogP contribution < -0.4 is 4.74 Å². The lowest BCUT2D eigenvalue weighted by atomic mass is 10.1. The van der Waals surface area contributed by atoms with Gasteiger partial charge in [0.05, 0.1) is 12.7 Å². The lowest BCUT2D eigenvalue weighted by molar-refractivity contribution is 0.0991. The molecular formula is C10H10O3. The maximum absolute atomic E-state index is 11.4. The Bertz CT molecular complexity index is 369. The first-order valence-electron chi connectivity index (χ1n) is 4.16. The number of ether oxygens (including phenoxy) is 1. The van der Waals surface area contributed by atoms with Crippen LogP contribution in [-0.2, 0) is 6.42 Å². The SMILES string of the molecule is COc1c(O)ccc2c1C(=O)CC2. The van der Waals surface area contributed by atoms with E-state index in [2.05, 4.69) is 0 Å². The molecule has 1 aromatic rings.